The highest BCUT2D eigenvalue weighted by molar-refractivity contribution is 5.85. The zero-order valence-electron chi connectivity index (χ0n) is 10.3. The van der Waals surface area contributed by atoms with Gasteiger partial charge in [-0.3, -0.25) is 4.79 Å². The van der Waals surface area contributed by atoms with Gasteiger partial charge in [0.15, 0.2) is 0 Å². The van der Waals surface area contributed by atoms with Gasteiger partial charge in [0.05, 0.1) is 6.42 Å². The van der Waals surface area contributed by atoms with Crippen LogP contribution in [0.2, 0.25) is 0 Å². The maximum absolute atomic E-state index is 13.3. The minimum Gasteiger partial charge on any atom is -0.350 e. The van der Waals surface area contributed by atoms with Crippen molar-refractivity contribution in [1.29, 1.82) is 0 Å². The lowest BCUT2D eigenvalue weighted by molar-refractivity contribution is -0.122. The van der Waals surface area contributed by atoms with Crippen LogP contribution in [-0.4, -0.2) is 18.0 Å². The van der Waals surface area contributed by atoms with E-state index in [1.165, 1.54) is 6.07 Å². The van der Waals surface area contributed by atoms with Crippen LogP contribution in [0.5, 0.6) is 0 Å². The van der Waals surface area contributed by atoms with Crippen LogP contribution >= 0.6 is 12.4 Å². The number of halogens is 3. The van der Waals surface area contributed by atoms with Gasteiger partial charge < -0.3 is 11.1 Å². The van der Waals surface area contributed by atoms with Crippen molar-refractivity contribution in [3.63, 3.8) is 0 Å². The molecule has 0 saturated heterocycles. The van der Waals surface area contributed by atoms with E-state index in [2.05, 4.69) is 5.32 Å². The Hall–Kier alpha value is -1.20. The number of amides is 1. The maximum Gasteiger partial charge on any atom is 0.225 e. The van der Waals surface area contributed by atoms with Crippen molar-refractivity contribution in [1.82, 2.24) is 5.32 Å². The molecule has 0 atom stereocenters. The third-order valence-corrected chi connectivity index (χ3v) is 2.39. The second kappa shape index (κ2) is 6.66. The van der Waals surface area contributed by atoms with E-state index in [0.717, 1.165) is 12.1 Å². The van der Waals surface area contributed by atoms with Crippen LogP contribution in [0, 0.1) is 11.6 Å². The molecule has 1 amide bonds. The fraction of sp³-hybridized carbons (Fsp3) is 0.417. The molecule has 0 heterocycles. The van der Waals surface area contributed by atoms with Crippen molar-refractivity contribution >= 4 is 18.3 Å². The van der Waals surface area contributed by atoms with Crippen LogP contribution in [0.15, 0.2) is 18.2 Å². The summed E-state index contributed by atoms with van der Waals surface area (Å²) >= 11 is 0. The fourth-order valence-electron chi connectivity index (χ4n) is 1.33. The summed E-state index contributed by atoms with van der Waals surface area (Å²) in [5.41, 5.74) is 4.64. The molecule has 0 radical (unpaired) electrons. The summed E-state index contributed by atoms with van der Waals surface area (Å²) < 4.78 is 26.6. The number of rotatable bonds is 4. The summed E-state index contributed by atoms with van der Waals surface area (Å²) in [5.74, 6) is -1.89. The Bertz CT molecular complexity index is 404. The van der Waals surface area contributed by atoms with E-state index in [9.17, 15) is 13.6 Å². The number of carbonyl (C=O) groups excluding carboxylic acids is 1. The lowest BCUT2D eigenvalue weighted by atomic mass is 10.0. The number of nitrogens with two attached hydrogens (primary N) is 1. The molecule has 0 unspecified atom stereocenters. The van der Waals surface area contributed by atoms with Gasteiger partial charge in [0.25, 0.3) is 0 Å². The molecular weight excluding hydrogens is 262 g/mol. The molecule has 1 aromatic carbocycles. The normalized spacial score (nSPS) is 10.7. The van der Waals surface area contributed by atoms with Gasteiger partial charge >= 0.3 is 0 Å². The van der Waals surface area contributed by atoms with E-state index in [0.29, 0.717) is 0 Å². The van der Waals surface area contributed by atoms with Gasteiger partial charge in [-0.05, 0) is 26.0 Å². The first-order chi connectivity index (χ1) is 7.85. The van der Waals surface area contributed by atoms with Crippen molar-refractivity contribution in [3.05, 3.63) is 35.4 Å². The van der Waals surface area contributed by atoms with Crippen LogP contribution in [0.3, 0.4) is 0 Å². The van der Waals surface area contributed by atoms with Gasteiger partial charge in [-0.1, -0.05) is 6.07 Å². The highest BCUT2D eigenvalue weighted by Crippen LogP contribution is 2.13. The molecule has 0 saturated carbocycles. The summed E-state index contributed by atoms with van der Waals surface area (Å²) in [7, 11) is 0. The Balaban J connectivity index is 0.00000289. The highest BCUT2D eigenvalue weighted by atomic mass is 35.5. The molecule has 0 fully saturated rings. The molecule has 0 aliphatic rings. The van der Waals surface area contributed by atoms with E-state index >= 15 is 0 Å². The SMILES string of the molecule is CC(C)(CN)NC(=O)Cc1c(F)cccc1F.Cl. The molecule has 102 valence electrons. The van der Waals surface area contributed by atoms with E-state index in [1.54, 1.807) is 13.8 Å². The van der Waals surface area contributed by atoms with Crippen LogP contribution in [0.1, 0.15) is 19.4 Å². The number of hydrogen-bond donors (Lipinski definition) is 2. The second-order valence-electron chi connectivity index (χ2n) is 4.51. The first-order valence-electron chi connectivity index (χ1n) is 5.30. The third kappa shape index (κ3) is 4.58. The van der Waals surface area contributed by atoms with Gasteiger partial charge in [-0.25, -0.2) is 8.78 Å². The predicted octanol–water partition coefficient (Wildman–Crippen LogP) is 1.78. The topological polar surface area (TPSA) is 55.1 Å². The van der Waals surface area contributed by atoms with Gasteiger partial charge in [0, 0.05) is 17.6 Å². The van der Waals surface area contributed by atoms with Gasteiger partial charge in [0.2, 0.25) is 5.91 Å². The average molecular weight is 279 g/mol. The summed E-state index contributed by atoms with van der Waals surface area (Å²) in [5, 5.41) is 2.61. The summed E-state index contributed by atoms with van der Waals surface area (Å²) in [6, 6.07) is 3.51. The first-order valence-corrected chi connectivity index (χ1v) is 5.30. The molecule has 0 aliphatic carbocycles. The molecule has 0 aromatic heterocycles. The Kier molecular flexibility index (Phi) is 6.21. The smallest absolute Gasteiger partial charge is 0.225 e. The Morgan fingerprint density at radius 3 is 2.28 bits per heavy atom. The standard InChI is InChI=1S/C12H16F2N2O.ClH/c1-12(2,7-15)16-11(17)6-8-9(13)4-3-5-10(8)14;/h3-5H,6-7,15H2,1-2H3,(H,16,17);1H. The Morgan fingerprint density at radius 2 is 1.83 bits per heavy atom. The van der Waals surface area contributed by atoms with Crippen LogP contribution in [0.4, 0.5) is 8.78 Å². The Labute approximate surface area is 111 Å². The number of carbonyl (C=O) groups is 1. The van der Waals surface area contributed by atoms with E-state index < -0.39 is 23.1 Å². The zero-order chi connectivity index (χ0) is 13.1. The lowest BCUT2D eigenvalue weighted by Gasteiger charge is -2.24. The molecule has 1 rings (SSSR count). The highest BCUT2D eigenvalue weighted by Gasteiger charge is 2.20. The molecule has 0 aliphatic heterocycles. The van der Waals surface area contributed by atoms with Crippen LogP contribution < -0.4 is 11.1 Å². The minimum atomic E-state index is -0.717. The molecule has 3 N–H and O–H groups in total. The lowest BCUT2D eigenvalue weighted by Crippen LogP contribution is -2.49. The zero-order valence-corrected chi connectivity index (χ0v) is 11.1. The fourth-order valence-corrected chi connectivity index (χ4v) is 1.33. The third-order valence-electron chi connectivity index (χ3n) is 2.39. The first kappa shape index (κ1) is 16.8. The number of nitrogens with one attached hydrogen (secondary N) is 1. The van der Waals surface area contributed by atoms with Gasteiger partial charge in [-0.15, -0.1) is 12.4 Å². The van der Waals surface area contributed by atoms with Crippen molar-refractivity contribution in [2.75, 3.05) is 6.54 Å². The van der Waals surface area contributed by atoms with Gasteiger partial charge in [-0.2, -0.15) is 0 Å². The van der Waals surface area contributed by atoms with Crippen LogP contribution in [-0.2, 0) is 11.2 Å². The minimum absolute atomic E-state index is 0. The molecular formula is C12H17ClF2N2O. The van der Waals surface area contributed by atoms with Crippen molar-refractivity contribution in [2.24, 2.45) is 5.73 Å². The van der Waals surface area contributed by atoms with Gasteiger partial charge in [0.1, 0.15) is 11.6 Å². The molecule has 18 heavy (non-hydrogen) atoms. The summed E-state index contributed by atoms with van der Waals surface area (Å²) in [6.07, 6.45) is -0.331. The Morgan fingerprint density at radius 1 is 1.33 bits per heavy atom. The molecule has 0 spiro atoms. The molecule has 6 heteroatoms. The maximum atomic E-state index is 13.3. The second-order valence-corrected chi connectivity index (χ2v) is 4.51. The quantitative estimate of drug-likeness (QED) is 0.882. The largest absolute Gasteiger partial charge is 0.350 e. The predicted molar refractivity (Wildman–Crippen MR) is 68.6 cm³/mol. The molecule has 3 nitrogen and oxygen atoms in total. The van der Waals surface area contributed by atoms with E-state index in [1.807, 2.05) is 0 Å². The van der Waals surface area contributed by atoms with Crippen LogP contribution in [0.25, 0.3) is 0 Å². The van der Waals surface area contributed by atoms with E-state index in [4.69, 9.17) is 5.73 Å². The van der Waals surface area contributed by atoms with E-state index in [-0.39, 0.29) is 30.9 Å². The summed E-state index contributed by atoms with van der Waals surface area (Å²) in [4.78, 5) is 11.6. The van der Waals surface area contributed by atoms with Crippen molar-refractivity contribution < 1.29 is 13.6 Å². The molecule has 1 aromatic rings. The van der Waals surface area contributed by atoms with Crippen molar-refractivity contribution in [3.8, 4) is 0 Å². The summed E-state index contributed by atoms with van der Waals surface area (Å²) in [6.45, 7) is 3.73. The monoisotopic (exact) mass is 278 g/mol. The number of benzene rings is 1. The number of hydrogen-bond acceptors (Lipinski definition) is 2. The van der Waals surface area contributed by atoms with Crippen molar-refractivity contribution in [2.45, 2.75) is 25.8 Å². The molecule has 0 bridgehead atoms. The average Bonchev–Trinajstić information content (AvgIpc) is 2.23.